The van der Waals surface area contributed by atoms with Gasteiger partial charge in [-0.3, -0.25) is 47.1 Å². The number of phosphoric acid groups is 1. The second kappa shape index (κ2) is 17.8. The van der Waals surface area contributed by atoms with Crippen LogP contribution in [0.2, 0.25) is 0 Å². The third kappa shape index (κ3) is 11.2. The fourth-order valence-corrected chi connectivity index (χ4v) is 6.33. The smallest absolute Gasteiger partial charge is 0.469 e. The molecule has 0 radical (unpaired) electrons. The molecule has 0 fully saturated rings. The van der Waals surface area contributed by atoms with Gasteiger partial charge in [0, 0.05) is 25.6 Å². The Kier molecular flexibility index (Phi) is 13.6. The molecular formula is C34H37N2O15P. The highest BCUT2D eigenvalue weighted by molar-refractivity contribution is 7.48. The van der Waals surface area contributed by atoms with E-state index in [4.69, 9.17) is 37.3 Å². The summed E-state index contributed by atoms with van der Waals surface area (Å²) >= 11 is 0. The Morgan fingerprint density at radius 1 is 0.808 bits per heavy atom. The summed E-state index contributed by atoms with van der Waals surface area (Å²) in [5.41, 5.74) is -0.441. The summed E-state index contributed by atoms with van der Waals surface area (Å²) in [6.45, 7) is 3.49. The zero-order chi connectivity index (χ0) is 38.0. The van der Waals surface area contributed by atoms with Gasteiger partial charge in [0.25, 0.3) is 5.56 Å². The maximum absolute atomic E-state index is 14.7. The average Bonchev–Trinajstić information content (AvgIpc) is 3.57. The number of methoxy groups -OCH3 is 2. The van der Waals surface area contributed by atoms with E-state index in [2.05, 4.69) is 4.98 Å². The van der Waals surface area contributed by atoms with Crippen molar-refractivity contribution in [2.75, 3.05) is 20.8 Å². The molecule has 4 rings (SSSR count). The van der Waals surface area contributed by atoms with Crippen molar-refractivity contribution in [1.29, 1.82) is 0 Å². The average molecular weight is 745 g/mol. The van der Waals surface area contributed by atoms with Gasteiger partial charge >= 0.3 is 37.4 Å². The van der Waals surface area contributed by atoms with Gasteiger partial charge in [0.15, 0.2) is 6.23 Å². The number of hydrogen-bond donors (Lipinski definition) is 1. The SMILES string of the molecule is COC(=O)CC(OP(=O)(OC[C@@H]1C=C[C@H](n2cc(C)c(=O)[nH]c2=O)O1)OC(CC(=O)OC)c1ccc(OC(C)=O)cc1)c1ccc(OC(C)=O)cc1. The lowest BCUT2D eigenvalue weighted by Gasteiger charge is -2.28. The van der Waals surface area contributed by atoms with Crippen molar-refractivity contribution in [3.05, 3.63) is 104 Å². The Hall–Kier alpha value is -5.19. The molecule has 52 heavy (non-hydrogen) atoms. The molecule has 1 aliphatic rings. The lowest BCUT2D eigenvalue weighted by molar-refractivity contribution is -0.143. The summed E-state index contributed by atoms with van der Waals surface area (Å²) < 4.78 is 59.4. The van der Waals surface area contributed by atoms with E-state index in [-0.39, 0.29) is 28.2 Å². The summed E-state index contributed by atoms with van der Waals surface area (Å²) in [5.74, 6) is -2.25. The van der Waals surface area contributed by atoms with E-state index < -0.39 is 86.9 Å². The van der Waals surface area contributed by atoms with Gasteiger partial charge in [-0.2, -0.15) is 0 Å². The summed E-state index contributed by atoms with van der Waals surface area (Å²) in [5, 5.41) is 0. The predicted molar refractivity (Wildman–Crippen MR) is 179 cm³/mol. The van der Waals surface area contributed by atoms with Gasteiger partial charge in [-0.05, 0) is 48.4 Å². The highest BCUT2D eigenvalue weighted by Gasteiger charge is 2.39. The molecule has 4 atom stereocenters. The first-order chi connectivity index (χ1) is 24.7. The van der Waals surface area contributed by atoms with Crippen LogP contribution in [0.1, 0.15) is 61.8 Å². The highest BCUT2D eigenvalue weighted by atomic mass is 31.2. The minimum atomic E-state index is -4.85. The number of aryl methyl sites for hydroxylation is 1. The topological polar surface area (TPSA) is 214 Å². The quantitative estimate of drug-likeness (QED) is 0.0953. The third-order valence-corrected chi connectivity index (χ3v) is 8.81. The number of nitrogens with one attached hydrogen (secondary N) is 1. The number of carbonyl (C=O) groups is 4. The summed E-state index contributed by atoms with van der Waals surface area (Å²) in [6.07, 6.45) is -1.11. The second-order valence-electron chi connectivity index (χ2n) is 11.2. The molecule has 3 aromatic rings. The number of esters is 4. The van der Waals surface area contributed by atoms with Crippen molar-refractivity contribution in [2.24, 2.45) is 0 Å². The summed E-state index contributed by atoms with van der Waals surface area (Å²) in [4.78, 5) is 74.4. The van der Waals surface area contributed by atoms with Gasteiger partial charge < -0.3 is 23.7 Å². The molecule has 2 unspecified atom stereocenters. The monoisotopic (exact) mass is 744 g/mol. The molecule has 0 spiro atoms. The Morgan fingerprint density at radius 2 is 1.29 bits per heavy atom. The molecule has 0 saturated heterocycles. The summed E-state index contributed by atoms with van der Waals surface area (Å²) in [7, 11) is -2.55. The van der Waals surface area contributed by atoms with Crippen molar-refractivity contribution in [3.63, 3.8) is 0 Å². The number of nitrogens with zero attached hydrogens (tertiary/aromatic N) is 1. The van der Waals surface area contributed by atoms with Gasteiger partial charge in [-0.25, -0.2) is 9.36 Å². The standard InChI is InChI=1S/C34H37N2O15P/c1-20-18-36(34(42)35-33(20)41)30-15-14-27(49-30)19-46-52(43,50-28(16-31(39)44-4)23-6-10-25(11-7-23)47-21(2)37)51-29(17-32(40)45-5)24-8-12-26(13-9-24)48-22(3)38/h6-15,18,27-30H,16-17,19H2,1-5H3,(H,35,41,42)/t27-,28?,29?,30+,52?/m0/s1. The van der Waals surface area contributed by atoms with E-state index in [0.29, 0.717) is 0 Å². The Balaban J connectivity index is 1.67. The molecule has 1 aliphatic heterocycles. The normalized spacial score (nSPS) is 17.4. The zero-order valence-electron chi connectivity index (χ0n) is 28.8. The van der Waals surface area contributed by atoms with Crippen molar-refractivity contribution < 1.29 is 61.0 Å². The molecule has 2 heterocycles. The fraction of sp³-hybridized carbons (Fsp3) is 0.353. The number of hydrogen-bond acceptors (Lipinski definition) is 15. The van der Waals surface area contributed by atoms with Gasteiger partial charge in [-0.1, -0.05) is 30.3 Å². The maximum atomic E-state index is 14.7. The van der Waals surface area contributed by atoms with Crippen LogP contribution in [0.4, 0.5) is 0 Å². The van der Waals surface area contributed by atoms with Crippen molar-refractivity contribution in [3.8, 4) is 11.5 Å². The zero-order valence-corrected chi connectivity index (χ0v) is 29.7. The van der Waals surface area contributed by atoms with E-state index in [1.807, 2.05) is 0 Å². The van der Waals surface area contributed by atoms with Crippen LogP contribution in [0.5, 0.6) is 11.5 Å². The van der Waals surface area contributed by atoms with E-state index in [0.717, 1.165) is 18.8 Å². The van der Waals surface area contributed by atoms with Crippen LogP contribution in [-0.2, 0) is 51.5 Å². The van der Waals surface area contributed by atoms with Crippen LogP contribution in [0, 0.1) is 6.92 Å². The van der Waals surface area contributed by atoms with Crippen LogP contribution in [0.15, 0.2) is 76.5 Å². The van der Waals surface area contributed by atoms with E-state index in [1.54, 1.807) is 0 Å². The number of ether oxygens (including phenoxy) is 5. The molecule has 17 nitrogen and oxygen atoms in total. The molecule has 278 valence electrons. The molecular weight excluding hydrogens is 707 g/mol. The minimum absolute atomic E-state index is 0.190. The lowest BCUT2D eigenvalue weighted by atomic mass is 10.1. The first kappa shape index (κ1) is 39.6. The number of H-pyrrole nitrogens is 1. The lowest BCUT2D eigenvalue weighted by Crippen LogP contribution is -2.33. The minimum Gasteiger partial charge on any atom is -0.469 e. The van der Waals surface area contributed by atoms with Gasteiger partial charge in [0.2, 0.25) is 0 Å². The van der Waals surface area contributed by atoms with Gasteiger partial charge in [-0.15, -0.1) is 0 Å². The number of aromatic nitrogens is 2. The number of carbonyl (C=O) groups excluding carboxylic acids is 4. The van der Waals surface area contributed by atoms with Crippen molar-refractivity contribution in [2.45, 2.75) is 58.2 Å². The second-order valence-corrected chi connectivity index (χ2v) is 12.8. The first-order valence-electron chi connectivity index (χ1n) is 15.7. The Bertz CT molecular complexity index is 1870. The molecule has 2 aromatic carbocycles. The van der Waals surface area contributed by atoms with Gasteiger partial charge in [0.1, 0.15) is 29.8 Å². The van der Waals surface area contributed by atoms with E-state index >= 15 is 0 Å². The fourth-order valence-electron chi connectivity index (χ4n) is 4.81. The maximum Gasteiger partial charge on any atom is 0.476 e. The highest BCUT2D eigenvalue weighted by Crippen LogP contribution is 2.57. The number of benzene rings is 2. The van der Waals surface area contributed by atoms with Gasteiger partial charge in [0.05, 0.1) is 33.7 Å². The molecule has 0 amide bonds. The third-order valence-electron chi connectivity index (χ3n) is 7.32. The van der Waals surface area contributed by atoms with Crippen LogP contribution < -0.4 is 20.7 Å². The van der Waals surface area contributed by atoms with Crippen LogP contribution >= 0.6 is 7.82 Å². The Morgan fingerprint density at radius 3 is 1.73 bits per heavy atom. The first-order valence-corrected chi connectivity index (χ1v) is 17.1. The number of phosphoric ester groups is 1. The van der Waals surface area contributed by atoms with Crippen molar-refractivity contribution >= 4 is 31.7 Å². The van der Waals surface area contributed by atoms with Crippen LogP contribution in [0.3, 0.4) is 0 Å². The van der Waals surface area contributed by atoms with E-state index in [9.17, 15) is 33.3 Å². The molecule has 1 aromatic heterocycles. The largest absolute Gasteiger partial charge is 0.476 e. The molecule has 18 heteroatoms. The molecule has 0 aliphatic carbocycles. The van der Waals surface area contributed by atoms with Crippen molar-refractivity contribution in [1.82, 2.24) is 9.55 Å². The summed E-state index contributed by atoms with van der Waals surface area (Å²) in [6, 6.07) is 11.6. The number of rotatable bonds is 16. The molecule has 0 saturated carbocycles. The van der Waals surface area contributed by atoms with E-state index in [1.165, 1.54) is 87.7 Å². The van der Waals surface area contributed by atoms with Crippen LogP contribution in [-0.4, -0.2) is 60.4 Å². The predicted octanol–water partition coefficient (Wildman–Crippen LogP) is 3.92. The number of aromatic amines is 1. The Labute approximate surface area is 296 Å². The van der Waals surface area contributed by atoms with Crippen LogP contribution in [0.25, 0.3) is 0 Å². The molecule has 1 N–H and O–H groups in total. The molecule has 0 bridgehead atoms.